The summed E-state index contributed by atoms with van der Waals surface area (Å²) in [7, 11) is 0. The van der Waals surface area contributed by atoms with Crippen molar-refractivity contribution in [3.63, 3.8) is 0 Å². The first-order valence-electron chi connectivity index (χ1n) is 14.5. The normalized spacial score (nSPS) is 26.0. The molecular formula is C29H52N2O9. The molecule has 0 aliphatic heterocycles. The van der Waals surface area contributed by atoms with Gasteiger partial charge in [0.15, 0.2) is 0 Å². The van der Waals surface area contributed by atoms with Gasteiger partial charge in [-0.3, -0.25) is 9.59 Å². The number of allylic oxidation sites excluding steroid dienone is 2. The van der Waals surface area contributed by atoms with E-state index in [9.17, 15) is 24.9 Å². The Morgan fingerprint density at radius 3 is 2.25 bits per heavy atom. The fourth-order valence-electron chi connectivity index (χ4n) is 5.01. The molecule has 0 unspecified atom stereocenters. The van der Waals surface area contributed by atoms with Crippen LogP contribution in [0.3, 0.4) is 0 Å². The number of nitrogens with two attached hydrogens (primary N) is 2. The van der Waals surface area contributed by atoms with Gasteiger partial charge in [0, 0.05) is 25.4 Å². The highest BCUT2D eigenvalue weighted by atomic mass is 16.5. The van der Waals surface area contributed by atoms with Crippen molar-refractivity contribution in [1.29, 1.82) is 0 Å². The van der Waals surface area contributed by atoms with Crippen LogP contribution in [0.4, 0.5) is 0 Å². The summed E-state index contributed by atoms with van der Waals surface area (Å²) in [5.74, 6) is -1.31. The Kier molecular flexibility index (Phi) is 18.2. The lowest BCUT2D eigenvalue weighted by Crippen LogP contribution is -2.43. The maximum atomic E-state index is 12.4. The molecule has 2 aliphatic carbocycles. The number of hydrogen-bond donors (Lipinski definition) is 6. The fraction of sp³-hybridized carbons (Fsp3) is 0.793. The molecule has 0 heterocycles. The Morgan fingerprint density at radius 1 is 1.07 bits per heavy atom. The number of aliphatic hydroxyl groups is 3. The second-order valence-corrected chi connectivity index (χ2v) is 10.7. The molecule has 0 spiro atoms. The summed E-state index contributed by atoms with van der Waals surface area (Å²) < 4.78 is 15.9. The molecule has 2 aliphatic rings. The molecular weight excluding hydrogens is 520 g/mol. The fourth-order valence-corrected chi connectivity index (χ4v) is 5.01. The zero-order valence-corrected chi connectivity index (χ0v) is 24.3. The third-order valence-electron chi connectivity index (χ3n) is 7.34. The standard InChI is InChI=1S/C23H36O7.C6H16N2O2/c1-4-13(2)23(29)30-20-11-17(25)9-15-6-5-14(3)19(22(15)20)8-7-16(24)10-18(26)12-21(27)28;7-1-3-9-5-6-10-4-2-8/h5-6,9,13-14,16-20,22,24-26H,4,7-8,10-12H2,1-3H3,(H,27,28);1-8H2/t13-,14-,16+,17+,18+,19-,20-,22-;/m0./s1. The zero-order chi connectivity index (χ0) is 30.1. The van der Waals surface area contributed by atoms with Gasteiger partial charge in [0.1, 0.15) is 6.10 Å². The summed E-state index contributed by atoms with van der Waals surface area (Å²) in [5, 5.41) is 39.1. The Morgan fingerprint density at radius 2 is 1.70 bits per heavy atom. The van der Waals surface area contributed by atoms with Gasteiger partial charge in [-0.25, -0.2) is 0 Å². The number of aliphatic hydroxyl groups excluding tert-OH is 3. The summed E-state index contributed by atoms with van der Waals surface area (Å²) in [4.78, 5) is 23.1. The van der Waals surface area contributed by atoms with Gasteiger partial charge in [-0.15, -0.1) is 0 Å². The van der Waals surface area contributed by atoms with Gasteiger partial charge in [0.2, 0.25) is 0 Å². The van der Waals surface area contributed by atoms with Crippen LogP contribution in [0.2, 0.25) is 0 Å². The molecule has 0 aromatic carbocycles. The van der Waals surface area contributed by atoms with Crippen LogP contribution in [-0.4, -0.2) is 96.3 Å². The van der Waals surface area contributed by atoms with Crippen LogP contribution < -0.4 is 11.5 Å². The van der Waals surface area contributed by atoms with Crippen LogP contribution in [0.25, 0.3) is 0 Å². The summed E-state index contributed by atoms with van der Waals surface area (Å²) in [6, 6.07) is 0. The number of fused-ring (bicyclic) bond motifs is 1. The van der Waals surface area contributed by atoms with Gasteiger partial charge in [-0.1, -0.05) is 39.0 Å². The lowest BCUT2D eigenvalue weighted by atomic mass is 9.66. The monoisotopic (exact) mass is 572 g/mol. The quantitative estimate of drug-likeness (QED) is 0.109. The second-order valence-electron chi connectivity index (χ2n) is 10.7. The minimum Gasteiger partial charge on any atom is -0.481 e. The van der Waals surface area contributed by atoms with Gasteiger partial charge >= 0.3 is 11.9 Å². The number of ether oxygens (including phenoxy) is 3. The molecule has 0 radical (unpaired) electrons. The van der Waals surface area contributed by atoms with Crippen molar-refractivity contribution in [2.45, 2.75) is 83.7 Å². The Labute approximate surface area is 238 Å². The second kappa shape index (κ2) is 20.1. The smallest absolute Gasteiger partial charge is 0.308 e. The van der Waals surface area contributed by atoms with E-state index < -0.39 is 30.4 Å². The highest BCUT2D eigenvalue weighted by molar-refractivity contribution is 5.72. The van der Waals surface area contributed by atoms with E-state index in [-0.39, 0.29) is 42.5 Å². The van der Waals surface area contributed by atoms with Crippen LogP contribution in [0.15, 0.2) is 23.8 Å². The van der Waals surface area contributed by atoms with Crippen LogP contribution >= 0.6 is 0 Å². The molecule has 11 nitrogen and oxygen atoms in total. The summed E-state index contributed by atoms with van der Waals surface area (Å²) in [6.45, 7) is 9.40. The van der Waals surface area contributed by atoms with Crippen molar-refractivity contribution < 1.29 is 44.2 Å². The van der Waals surface area contributed by atoms with E-state index in [0.29, 0.717) is 65.2 Å². The van der Waals surface area contributed by atoms with E-state index in [2.05, 4.69) is 13.0 Å². The van der Waals surface area contributed by atoms with Crippen molar-refractivity contribution >= 4 is 11.9 Å². The molecule has 0 saturated heterocycles. The molecule has 232 valence electrons. The Hall–Kier alpha value is -1.86. The van der Waals surface area contributed by atoms with Gasteiger partial charge in [0.05, 0.1) is 57.1 Å². The lowest BCUT2D eigenvalue weighted by Gasteiger charge is -2.43. The van der Waals surface area contributed by atoms with Gasteiger partial charge in [0.25, 0.3) is 0 Å². The van der Waals surface area contributed by atoms with E-state index in [1.165, 1.54) is 0 Å². The highest BCUT2D eigenvalue weighted by Gasteiger charge is 2.42. The molecule has 0 bridgehead atoms. The molecule has 0 amide bonds. The molecule has 0 fully saturated rings. The predicted octanol–water partition coefficient (Wildman–Crippen LogP) is 1.38. The van der Waals surface area contributed by atoms with Gasteiger partial charge in [-0.05, 0) is 43.1 Å². The minimum atomic E-state index is -1.10. The SMILES string of the molecule is CC[C@H](C)C(=O)O[C@H]1C[C@H](O)C=C2C=C[C@H](C)[C@H](CC[C@@H](O)C[C@@H](O)CC(=O)O)[C@H]21.NCCOCCOCCN. The maximum absolute atomic E-state index is 12.4. The van der Waals surface area contributed by atoms with E-state index in [1.54, 1.807) is 0 Å². The number of hydrogen-bond acceptors (Lipinski definition) is 10. The molecule has 8 N–H and O–H groups in total. The Bertz CT molecular complexity index is 783. The molecule has 8 atom stereocenters. The largest absolute Gasteiger partial charge is 0.481 e. The molecule has 0 aromatic heterocycles. The summed E-state index contributed by atoms with van der Waals surface area (Å²) in [6.07, 6.45) is 4.64. The van der Waals surface area contributed by atoms with Crippen molar-refractivity contribution in [3.05, 3.63) is 23.8 Å². The molecule has 0 saturated carbocycles. The van der Waals surface area contributed by atoms with Gasteiger partial charge in [-0.2, -0.15) is 0 Å². The van der Waals surface area contributed by atoms with Crippen molar-refractivity contribution in [1.82, 2.24) is 0 Å². The third-order valence-corrected chi connectivity index (χ3v) is 7.34. The van der Waals surface area contributed by atoms with Gasteiger partial charge < -0.3 is 46.1 Å². The number of carbonyl (C=O) groups is 2. The predicted molar refractivity (Wildman–Crippen MR) is 151 cm³/mol. The van der Waals surface area contributed by atoms with Crippen molar-refractivity contribution in [3.8, 4) is 0 Å². The minimum absolute atomic E-state index is 0.0156. The molecule has 0 aromatic rings. The number of carboxylic acids is 1. The lowest BCUT2D eigenvalue weighted by molar-refractivity contribution is -0.159. The number of carboxylic acid groups (broad SMARTS) is 1. The van der Waals surface area contributed by atoms with Crippen LogP contribution in [0, 0.1) is 23.7 Å². The van der Waals surface area contributed by atoms with E-state index in [1.807, 2.05) is 26.0 Å². The zero-order valence-electron chi connectivity index (χ0n) is 24.3. The first-order valence-corrected chi connectivity index (χ1v) is 14.5. The van der Waals surface area contributed by atoms with Crippen LogP contribution in [-0.2, 0) is 23.8 Å². The van der Waals surface area contributed by atoms with Crippen LogP contribution in [0.1, 0.15) is 59.3 Å². The summed E-state index contributed by atoms with van der Waals surface area (Å²) >= 11 is 0. The first kappa shape index (κ1) is 36.2. The van der Waals surface area contributed by atoms with Crippen LogP contribution in [0.5, 0.6) is 0 Å². The van der Waals surface area contributed by atoms with E-state index >= 15 is 0 Å². The average molecular weight is 573 g/mol. The number of esters is 1. The molecule has 11 heteroatoms. The topological polar surface area (TPSA) is 195 Å². The van der Waals surface area contributed by atoms with Crippen molar-refractivity contribution in [2.24, 2.45) is 35.1 Å². The Balaban J connectivity index is 0.000000680. The highest BCUT2D eigenvalue weighted by Crippen LogP contribution is 2.44. The molecule has 40 heavy (non-hydrogen) atoms. The summed E-state index contributed by atoms with van der Waals surface area (Å²) in [5.41, 5.74) is 11.3. The average Bonchev–Trinajstić information content (AvgIpc) is 2.89. The first-order chi connectivity index (χ1) is 19.0. The van der Waals surface area contributed by atoms with Crippen molar-refractivity contribution in [2.75, 3.05) is 39.5 Å². The number of aliphatic carboxylic acids is 1. The third kappa shape index (κ3) is 13.7. The van der Waals surface area contributed by atoms with E-state index in [0.717, 1.165) is 5.57 Å². The molecule has 2 rings (SSSR count). The van der Waals surface area contributed by atoms with E-state index in [4.69, 9.17) is 30.8 Å². The maximum Gasteiger partial charge on any atom is 0.308 e. The number of rotatable bonds is 17. The number of carbonyl (C=O) groups excluding carboxylic acids is 1.